The normalized spacial score (nSPS) is 15.9. The van der Waals surface area contributed by atoms with Crippen molar-refractivity contribution < 1.29 is 0 Å². The first kappa shape index (κ1) is 32.4. The molecule has 59 heavy (non-hydrogen) atoms. The predicted octanol–water partition coefficient (Wildman–Crippen LogP) is 12.6. The Bertz CT molecular complexity index is 3470. The Morgan fingerprint density at radius 3 is 1.36 bits per heavy atom. The van der Waals surface area contributed by atoms with E-state index in [2.05, 4.69) is 214 Å². The fraction of sp³-hybridized carbons (Fsp3) is 0.0566. The summed E-state index contributed by atoms with van der Waals surface area (Å²) < 4.78 is 7.02. The Kier molecular flexibility index (Phi) is 6.54. The quantitative estimate of drug-likeness (QED) is 0.180. The highest BCUT2D eigenvalue weighted by Gasteiger charge is 2.49. The van der Waals surface area contributed by atoms with E-state index in [-0.39, 0.29) is 0 Å². The Morgan fingerprint density at radius 2 is 0.814 bits per heavy atom. The number of nitrogens with zero attached hydrogens (tertiary/aromatic N) is 6. The molecule has 13 rings (SSSR count). The molecule has 1 unspecified atom stereocenters. The molecule has 0 N–H and O–H groups in total. The molecule has 0 saturated heterocycles. The third-order valence-corrected chi connectivity index (χ3v) is 12.8. The van der Waals surface area contributed by atoms with Crippen LogP contribution in [0.25, 0.3) is 83.6 Å². The lowest BCUT2D eigenvalue weighted by molar-refractivity contribution is 0.576. The molecule has 2 aliphatic rings. The predicted molar refractivity (Wildman–Crippen MR) is 243 cm³/mol. The Morgan fingerprint density at radius 1 is 0.407 bits per heavy atom. The summed E-state index contributed by atoms with van der Waals surface area (Å²) in [6, 6.07) is 65.1. The minimum absolute atomic E-state index is 0.445. The maximum atomic E-state index is 5.54. The van der Waals surface area contributed by atoms with Crippen LogP contribution in [-0.4, -0.2) is 29.2 Å². The van der Waals surface area contributed by atoms with E-state index in [4.69, 9.17) is 9.97 Å². The van der Waals surface area contributed by atoms with E-state index in [0.717, 1.165) is 57.3 Å². The molecule has 0 bridgehead atoms. The van der Waals surface area contributed by atoms with Gasteiger partial charge in [0.1, 0.15) is 23.3 Å². The van der Waals surface area contributed by atoms with E-state index in [9.17, 15) is 0 Å². The molecular weight excluding hydrogens is 721 g/mol. The summed E-state index contributed by atoms with van der Waals surface area (Å²) in [7, 11) is 0. The lowest BCUT2D eigenvalue weighted by atomic mass is 9.79. The van der Waals surface area contributed by atoms with Crippen LogP contribution in [-0.2, 0) is 6.42 Å². The van der Waals surface area contributed by atoms with Crippen molar-refractivity contribution in [3.8, 4) is 17.5 Å². The van der Waals surface area contributed by atoms with E-state index in [0.29, 0.717) is 0 Å². The first-order valence-electron chi connectivity index (χ1n) is 20.3. The van der Waals surface area contributed by atoms with Crippen LogP contribution in [0.4, 0.5) is 11.5 Å². The largest absolute Gasteiger partial charge is 0.315 e. The molecule has 1 aliphatic carbocycles. The fourth-order valence-corrected chi connectivity index (χ4v) is 10.4. The van der Waals surface area contributed by atoms with Gasteiger partial charge in [-0.2, -0.15) is 0 Å². The van der Waals surface area contributed by atoms with Crippen LogP contribution < -0.4 is 4.90 Å². The van der Waals surface area contributed by atoms with E-state index >= 15 is 0 Å². The van der Waals surface area contributed by atoms with Gasteiger partial charge in [0.25, 0.3) is 0 Å². The van der Waals surface area contributed by atoms with Crippen molar-refractivity contribution in [3.05, 3.63) is 199 Å². The Labute approximate surface area is 340 Å². The third-order valence-electron chi connectivity index (χ3n) is 12.8. The van der Waals surface area contributed by atoms with Crippen molar-refractivity contribution in [1.82, 2.24) is 23.7 Å². The zero-order valence-electron chi connectivity index (χ0n) is 32.3. The van der Waals surface area contributed by atoms with Crippen LogP contribution in [0.5, 0.6) is 0 Å². The van der Waals surface area contributed by atoms with E-state index in [1.54, 1.807) is 0 Å². The van der Waals surface area contributed by atoms with Gasteiger partial charge in [0.15, 0.2) is 0 Å². The molecule has 11 aromatic rings. The van der Waals surface area contributed by atoms with Gasteiger partial charge in [-0.3, -0.25) is 13.7 Å². The van der Waals surface area contributed by atoms with Crippen LogP contribution >= 0.6 is 0 Å². The van der Waals surface area contributed by atoms with Gasteiger partial charge in [-0.05, 0) is 79.2 Å². The SMILES string of the molecule is CC12Cc3c(c4ccccc4n3-c3cccc(-n4c5ccccc5c5ccccc54)n3)C=C1c1ccccc1N2c1cccc(-n2c3ccccc3c3ccccc32)n1. The summed E-state index contributed by atoms with van der Waals surface area (Å²) in [6.07, 6.45) is 3.20. The van der Waals surface area contributed by atoms with Gasteiger partial charge < -0.3 is 4.90 Å². The molecular formula is C53H36N6. The molecule has 278 valence electrons. The van der Waals surface area contributed by atoms with Gasteiger partial charge in [-0.1, -0.05) is 121 Å². The zero-order chi connectivity index (χ0) is 38.8. The zero-order valence-corrected chi connectivity index (χ0v) is 32.3. The standard InChI is InChI=1S/C53H36N6/c1-53-33-48-40(38-20-6-12-26-46(38)58(48)50-29-14-28-49(54-50)56-42-22-8-2-16-34(42)35-17-3-9-23-43(35)56)32-41(53)39-21-7-13-27-47(39)59(53)52-31-15-30-51(55-52)57-44-24-10-4-18-36(44)37-19-5-11-25-45(37)57/h2-32H,33H2,1H3. The molecule has 0 radical (unpaired) electrons. The van der Waals surface area contributed by atoms with Gasteiger partial charge >= 0.3 is 0 Å². The molecule has 6 heterocycles. The molecule has 1 atom stereocenters. The average molecular weight is 757 g/mol. The van der Waals surface area contributed by atoms with Crippen molar-refractivity contribution in [3.63, 3.8) is 0 Å². The molecule has 0 spiro atoms. The monoisotopic (exact) mass is 756 g/mol. The molecule has 5 aromatic heterocycles. The number of hydrogen-bond donors (Lipinski definition) is 0. The van der Waals surface area contributed by atoms with Crippen molar-refractivity contribution in [2.75, 3.05) is 4.90 Å². The van der Waals surface area contributed by atoms with Gasteiger partial charge in [-0.15, -0.1) is 0 Å². The van der Waals surface area contributed by atoms with Crippen molar-refractivity contribution in [2.24, 2.45) is 0 Å². The second-order valence-electron chi connectivity index (χ2n) is 16.0. The van der Waals surface area contributed by atoms with Gasteiger partial charge in [0.05, 0.1) is 38.8 Å². The number of rotatable bonds is 4. The maximum absolute atomic E-state index is 5.54. The molecule has 6 aromatic carbocycles. The number of aromatic nitrogens is 5. The highest BCUT2D eigenvalue weighted by atomic mass is 15.3. The summed E-state index contributed by atoms with van der Waals surface area (Å²) in [4.78, 5) is 13.5. The summed E-state index contributed by atoms with van der Waals surface area (Å²) in [5.41, 5.74) is 11.5. The molecule has 0 amide bonds. The number of fused-ring (bicyclic) bond motifs is 12. The molecule has 6 nitrogen and oxygen atoms in total. The molecule has 0 saturated carbocycles. The lowest BCUT2D eigenvalue weighted by Crippen LogP contribution is -2.44. The smallest absolute Gasteiger partial charge is 0.140 e. The van der Waals surface area contributed by atoms with E-state index < -0.39 is 5.54 Å². The van der Waals surface area contributed by atoms with E-state index in [1.807, 2.05) is 0 Å². The minimum atomic E-state index is -0.445. The van der Waals surface area contributed by atoms with Crippen molar-refractivity contribution in [2.45, 2.75) is 18.9 Å². The number of pyridine rings is 2. The van der Waals surface area contributed by atoms with Crippen LogP contribution in [0.1, 0.15) is 23.7 Å². The topological polar surface area (TPSA) is 43.8 Å². The number of benzene rings is 6. The van der Waals surface area contributed by atoms with E-state index in [1.165, 1.54) is 55.0 Å². The molecule has 1 aliphatic heterocycles. The summed E-state index contributed by atoms with van der Waals surface area (Å²) in [6.45, 7) is 2.39. The summed E-state index contributed by atoms with van der Waals surface area (Å²) in [5, 5.41) is 6.12. The average Bonchev–Trinajstić information content (AvgIpc) is 3.98. The van der Waals surface area contributed by atoms with Gasteiger partial charge in [0, 0.05) is 50.2 Å². The fourth-order valence-electron chi connectivity index (χ4n) is 10.4. The number of para-hydroxylation sites is 6. The van der Waals surface area contributed by atoms with Gasteiger partial charge in [-0.25, -0.2) is 9.97 Å². The van der Waals surface area contributed by atoms with Crippen LogP contribution in [0, 0.1) is 0 Å². The van der Waals surface area contributed by atoms with Crippen LogP contribution in [0.15, 0.2) is 182 Å². The molecule has 6 heteroatoms. The Hall–Kier alpha value is -7.70. The Balaban J connectivity index is 1.00. The second kappa shape index (κ2) is 11.9. The number of anilines is 2. The van der Waals surface area contributed by atoms with Crippen LogP contribution in [0.3, 0.4) is 0 Å². The summed E-state index contributed by atoms with van der Waals surface area (Å²) >= 11 is 0. The lowest BCUT2D eigenvalue weighted by Gasteiger charge is -2.40. The minimum Gasteiger partial charge on any atom is -0.315 e. The first-order chi connectivity index (χ1) is 29.2. The first-order valence-corrected chi connectivity index (χ1v) is 20.3. The summed E-state index contributed by atoms with van der Waals surface area (Å²) in [5.74, 6) is 3.61. The molecule has 0 fully saturated rings. The maximum Gasteiger partial charge on any atom is 0.140 e. The number of hydrogen-bond acceptors (Lipinski definition) is 3. The second-order valence-corrected chi connectivity index (χ2v) is 16.0. The van der Waals surface area contributed by atoms with Crippen LogP contribution in [0.2, 0.25) is 0 Å². The highest BCUT2D eigenvalue weighted by molar-refractivity contribution is 6.11. The third kappa shape index (κ3) is 4.40. The highest BCUT2D eigenvalue weighted by Crippen LogP contribution is 2.56. The van der Waals surface area contributed by atoms with Crippen molar-refractivity contribution in [1.29, 1.82) is 0 Å². The van der Waals surface area contributed by atoms with Gasteiger partial charge in [0.2, 0.25) is 0 Å². The van der Waals surface area contributed by atoms with Crippen molar-refractivity contribution >= 4 is 77.7 Å².